The average molecular weight is 273 g/mol. The maximum atomic E-state index is 3.83. The molecule has 1 aliphatic rings. The van der Waals surface area contributed by atoms with Gasteiger partial charge in [0.2, 0.25) is 0 Å². The molecule has 1 aromatic heterocycles. The lowest BCUT2D eigenvalue weighted by atomic mass is 9.87. The first-order chi connectivity index (χ1) is 9.22. The minimum absolute atomic E-state index is 0.482. The number of nitrogens with one attached hydrogen (secondary N) is 1. The van der Waals surface area contributed by atoms with Crippen LogP contribution in [0.4, 0.5) is 0 Å². The lowest BCUT2D eigenvalue weighted by molar-refractivity contribution is 0.292. The number of hydrogen-bond donors (Lipinski definition) is 1. The van der Waals surface area contributed by atoms with Crippen LogP contribution in [0.5, 0.6) is 0 Å². The molecule has 1 heterocycles. The molecular formula is C17H23NS. The molecule has 1 unspecified atom stereocenters. The molecule has 1 aliphatic carbocycles. The predicted molar refractivity (Wildman–Crippen MR) is 84.8 cm³/mol. The maximum Gasteiger partial charge on any atom is 0.0388 e. The summed E-state index contributed by atoms with van der Waals surface area (Å²) in [5.74, 6) is 0.928. The van der Waals surface area contributed by atoms with Gasteiger partial charge in [-0.15, -0.1) is 11.3 Å². The first-order valence-electron chi connectivity index (χ1n) is 7.47. The number of fused-ring (bicyclic) bond motifs is 1. The molecule has 102 valence electrons. The third-order valence-corrected chi connectivity index (χ3v) is 5.67. The summed E-state index contributed by atoms with van der Waals surface area (Å²) in [5.41, 5.74) is 0. The molecule has 1 atom stereocenters. The van der Waals surface area contributed by atoms with Gasteiger partial charge in [0.05, 0.1) is 0 Å². The van der Waals surface area contributed by atoms with Gasteiger partial charge in [-0.1, -0.05) is 25.1 Å². The molecule has 1 saturated carbocycles. The van der Waals surface area contributed by atoms with Crippen molar-refractivity contribution in [2.24, 2.45) is 5.92 Å². The molecule has 0 spiro atoms. The highest BCUT2D eigenvalue weighted by Crippen LogP contribution is 2.31. The van der Waals surface area contributed by atoms with Crippen LogP contribution in [-0.4, -0.2) is 6.04 Å². The number of benzene rings is 1. The maximum absolute atomic E-state index is 3.83. The van der Waals surface area contributed by atoms with Crippen LogP contribution in [-0.2, 0) is 0 Å². The number of hydrogen-bond acceptors (Lipinski definition) is 2. The predicted octanol–water partition coefficient (Wildman–Crippen LogP) is 5.13. The van der Waals surface area contributed by atoms with Crippen molar-refractivity contribution in [1.82, 2.24) is 5.32 Å². The molecule has 3 rings (SSSR count). The third kappa shape index (κ3) is 3.01. The first-order valence-corrected chi connectivity index (χ1v) is 8.28. The van der Waals surface area contributed by atoms with E-state index in [1.54, 1.807) is 0 Å². The first kappa shape index (κ1) is 13.1. The summed E-state index contributed by atoms with van der Waals surface area (Å²) in [7, 11) is 0. The van der Waals surface area contributed by atoms with Gasteiger partial charge in [0, 0.05) is 21.7 Å². The fraction of sp³-hybridized carbons (Fsp3) is 0.529. The molecule has 2 aromatic rings. The van der Waals surface area contributed by atoms with Crippen LogP contribution in [0.25, 0.3) is 10.1 Å². The van der Waals surface area contributed by atoms with E-state index < -0.39 is 0 Å². The van der Waals surface area contributed by atoms with Gasteiger partial charge in [0.1, 0.15) is 0 Å². The number of rotatable bonds is 3. The largest absolute Gasteiger partial charge is 0.307 e. The van der Waals surface area contributed by atoms with E-state index in [1.807, 2.05) is 11.3 Å². The van der Waals surface area contributed by atoms with E-state index in [0.29, 0.717) is 6.04 Å². The Kier molecular flexibility index (Phi) is 3.90. The second-order valence-corrected chi connectivity index (χ2v) is 7.15. The van der Waals surface area contributed by atoms with E-state index in [2.05, 4.69) is 49.5 Å². The number of thiophene rings is 1. The van der Waals surface area contributed by atoms with Crippen molar-refractivity contribution in [3.05, 3.63) is 35.2 Å². The van der Waals surface area contributed by atoms with Crippen LogP contribution in [0.15, 0.2) is 30.3 Å². The molecule has 0 saturated heterocycles. The Morgan fingerprint density at radius 3 is 2.63 bits per heavy atom. The van der Waals surface area contributed by atoms with E-state index in [9.17, 15) is 0 Å². The van der Waals surface area contributed by atoms with Crippen molar-refractivity contribution < 1.29 is 0 Å². The van der Waals surface area contributed by atoms with Crippen LogP contribution in [0.1, 0.15) is 50.4 Å². The summed E-state index contributed by atoms with van der Waals surface area (Å²) in [5, 5.41) is 5.21. The molecule has 0 aliphatic heterocycles. The molecule has 2 heteroatoms. The van der Waals surface area contributed by atoms with E-state index in [4.69, 9.17) is 0 Å². The lowest BCUT2D eigenvalue weighted by Gasteiger charge is -2.29. The van der Waals surface area contributed by atoms with Crippen LogP contribution in [0.3, 0.4) is 0 Å². The van der Waals surface area contributed by atoms with Crippen molar-refractivity contribution in [1.29, 1.82) is 0 Å². The summed E-state index contributed by atoms with van der Waals surface area (Å²) in [6, 6.07) is 12.2. The van der Waals surface area contributed by atoms with Crippen molar-refractivity contribution in [2.45, 2.75) is 51.6 Å². The van der Waals surface area contributed by atoms with Crippen LogP contribution >= 0.6 is 11.3 Å². The Balaban J connectivity index is 1.68. The van der Waals surface area contributed by atoms with E-state index in [0.717, 1.165) is 12.0 Å². The highest BCUT2D eigenvalue weighted by Gasteiger charge is 2.20. The van der Waals surface area contributed by atoms with Gasteiger partial charge < -0.3 is 5.32 Å². The fourth-order valence-corrected chi connectivity index (χ4v) is 4.15. The highest BCUT2D eigenvalue weighted by molar-refractivity contribution is 7.19. The smallest absolute Gasteiger partial charge is 0.0388 e. The van der Waals surface area contributed by atoms with Gasteiger partial charge in [-0.2, -0.15) is 0 Å². The zero-order valence-corrected chi connectivity index (χ0v) is 12.7. The Labute approximate surface area is 120 Å². The van der Waals surface area contributed by atoms with Crippen molar-refractivity contribution in [3.63, 3.8) is 0 Å². The highest BCUT2D eigenvalue weighted by atomic mass is 32.1. The van der Waals surface area contributed by atoms with Gasteiger partial charge in [-0.3, -0.25) is 0 Å². The molecule has 0 bridgehead atoms. The van der Waals surface area contributed by atoms with E-state index >= 15 is 0 Å². The van der Waals surface area contributed by atoms with Gasteiger partial charge in [0.15, 0.2) is 0 Å². The summed E-state index contributed by atoms with van der Waals surface area (Å²) in [4.78, 5) is 1.47. The topological polar surface area (TPSA) is 12.0 Å². The molecular weight excluding hydrogens is 250 g/mol. The fourth-order valence-electron chi connectivity index (χ4n) is 3.08. The Hall–Kier alpha value is -0.860. The van der Waals surface area contributed by atoms with Gasteiger partial charge in [-0.05, 0) is 56.0 Å². The van der Waals surface area contributed by atoms with Crippen molar-refractivity contribution in [3.8, 4) is 0 Å². The second-order valence-electron chi connectivity index (χ2n) is 6.03. The van der Waals surface area contributed by atoms with Gasteiger partial charge in [-0.25, -0.2) is 0 Å². The summed E-state index contributed by atoms with van der Waals surface area (Å²) in [6.07, 6.45) is 5.46. The molecule has 1 N–H and O–H groups in total. The average Bonchev–Trinajstić information content (AvgIpc) is 2.85. The molecule has 0 radical (unpaired) electrons. The van der Waals surface area contributed by atoms with Crippen LogP contribution in [0, 0.1) is 5.92 Å². The second kappa shape index (κ2) is 5.64. The summed E-state index contributed by atoms with van der Waals surface area (Å²) >= 11 is 1.93. The minimum Gasteiger partial charge on any atom is -0.307 e. The Bertz CT molecular complexity index is 504. The van der Waals surface area contributed by atoms with Crippen molar-refractivity contribution >= 4 is 21.4 Å². The van der Waals surface area contributed by atoms with E-state index in [-0.39, 0.29) is 0 Å². The molecule has 1 fully saturated rings. The summed E-state index contributed by atoms with van der Waals surface area (Å²) < 4.78 is 1.41. The van der Waals surface area contributed by atoms with Crippen LogP contribution < -0.4 is 5.32 Å². The minimum atomic E-state index is 0.482. The summed E-state index contributed by atoms with van der Waals surface area (Å²) in [6.45, 7) is 4.69. The molecule has 1 nitrogen and oxygen atoms in total. The SMILES string of the molecule is CC1CCC(NC(C)c2cc3ccccc3s2)CC1. The molecule has 19 heavy (non-hydrogen) atoms. The van der Waals surface area contributed by atoms with E-state index in [1.165, 1.54) is 40.6 Å². The van der Waals surface area contributed by atoms with Crippen LogP contribution in [0.2, 0.25) is 0 Å². The van der Waals surface area contributed by atoms with Crippen molar-refractivity contribution in [2.75, 3.05) is 0 Å². The van der Waals surface area contributed by atoms with Gasteiger partial charge in [0.25, 0.3) is 0 Å². The lowest BCUT2D eigenvalue weighted by Crippen LogP contribution is -2.34. The standard InChI is InChI=1S/C17H23NS/c1-12-7-9-15(10-8-12)18-13(2)17-11-14-5-3-4-6-16(14)19-17/h3-6,11-13,15,18H,7-10H2,1-2H3. The quantitative estimate of drug-likeness (QED) is 0.817. The third-order valence-electron chi connectivity index (χ3n) is 4.37. The molecule has 1 aromatic carbocycles. The zero-order chi connectivity index (χ0) is 13.2. The molecule has 0 amide bonds. The zero-order valence-electron chi connectivity index (χ0n) is 11.9. The normalized spacial score (nSPS) is 25.6. The Morgan fingerprint density at radius 1 is 1.16 bits per heavy atom. The van der Waals surface area contributed by atoms with Gasteiger partial charge >= 0.3 is 0 Å². The Morgan fingerprint density at radius 2 is 1.89 bits per heavy atom. The monoisotopic (exact) mass is 273 g/mol.